The molecule has 2 amide bonds. The van der Waals surface area contributed by atoms with Gasteiger partial charge in [0.2, 0.25) is 5.91 Å². The maximum atomic E-state index is 12.7. The molecule has 1 aromatic heterocycles. The van der Waals surface area contributed by atoms with Crippen LogP contribution in [0.15, 0.2) is 88.8 Å². The van der Waals surface area contributed by atoms with Crippen molar-refractivity contribution in [2.45, 2.75) is 4.90 Å². The molecule has 1 aliphatic heterocycles. The van der Waals surface area contributed by atoms with E-state index in [0.29, 0.717) is 14.9 Å². The van der Waals surface area contributed by atoms with Crippen molar-refractivity contribution < 1.29 is 18.0 Å². The molecule has 0 unspecified atom stereocenters. The average Bonchev–Trinajstić information content (AvgIpc) is 3.07. The molecular formula is C23H18N4O4S3. The van der Waals surface area contributed by atoms with Gasteiger partial charge < -0.3 is 5.32 Å². The van der Waals surface area contributed by atoms with Crippen LogP contribution >= 0.6 is 24.0 Å². The predicted octanol–water partition coefficient (Wildman–Crippen LogP) is 3.72. The van der Waals surface area contributed by atoms with E-state index in [9.17, 15) is 18.0 Å². The molecule has 3 aromatic rings. The van der Waals surface area contributed by atoms with E-state index in [4.69, 9.17) is 12.2 Å². The van der Waals surface area contributed by atoms with Crippen molar-refractivity contribution in [2.24, 2.45) is 0 Å². The normalized spacial score (nSPS) is 14.9. The first kappa shape index (κ1) is 23.6. The van der Waals surface area contributed by atoms with Crippen LogP contribution in [0.5, 0.6) is 0 Å². The first-order valence-corrected chi connectivity index (χ1v) is 12.7. The van der Waals surface area contributed by atoms with Crippen LogP contribution in [0.2, 0.25) is 0 Å². The van der Waals surface area contributed by atoms with E-state index in [-0.39, 0.29) is 23.2 Å². The molecule has 0 aliphatic carbocycles. The zero-order valence-corrected chi connectivity index (χ0v) is 20.0. The topological polar surface area (TPSA) is 108 Å². The summed E-state index contributed by atoms with van der Waals surface area (Å²) in [7, 11) is -3.83. The van der Waals surface area contributed by atoms with Gasteiger partial charge >= 0.3 is 0 Å². The molecule has 2 aromatic carbocycles. The molecule has 4 rings (SSSR count). The standard InChI is InChI=1S/C23H18N4O4S3/c28-21(15-27-22(29)19(33-23(27)32)14-16-6-2-1-3-7-16)25-17-9-11-18(12-10-17)34(30,31)26-20-8-4-5-13-24-20/h1-14H,15H2,(H,24,26)(H,25,28)/b19-14+. The number of sulfonamides is 1. The second kappa shape index (κ2) is 10.2. The Balaban J connectivity index is 1.38. The number of thioether (sulfide) groups is 1. The minimum Gasteiger partial charge on any atom is -0.325 e. The maximum Gasteiger partial charge on any atom is 0.266 e. The zero-order chi connectivity index (χ0) is 24.1. The summed E-state index contributed by atoms with van der Waals surface area (Å²) in [5, 5.41) is 2.65. The van der Waals surface area contributed by atoms with Crippen molar-refractivity contribution in [3.63, 3.8) is 0 Å². The number of carbonyl (C=O) groups excluding carboxylic acids is 2. The van der Waals surface area contributed by atoms with Gasteiger partial charge in [-0.1, -0.05) is 60.4 Å². The Hall–Kier alpha value is -3.54. The van der Waals surface area contributed by atoms with Gasteiger partial charge in [0.15, 0.2) is 0 Å². The second-order valence-corrected chi connectivity index (χ2v) is 10.4. The molecule has 1 saturated heterocycles. The lowest BCUT2D eigenvalue weighted by Gasteiger charge is -2.14. The minimum absolute atomic E-state index is 0.0131. The maximum absolute atomic E-state index is 12.7. The molecule has 2 heterocycles. The van der Waals surface area contributed by atoms with E-state index >= 15 is 0 Å². The number of carbonyl (C=O) groups is 2. The summed E-state index contributed by atoms with van der Waals surface area (Å²) >= 11 is 6.41. The van der Waals surface area contributed by atoms with Crippen LogP contribution in [0.4, 0.5) is 11.5 Å². The lowest BCUT2D eigenvalue weighted by molar-refractivity contribution is -0.126. The Kier molecular flexibility index (Phi) is 7.06. The van der Waals surface area contributed by atoms with E-state index in [0.717, 1.165) is 17.3 Å². The molecular weight excluding hydrogens is 492 g/mol. The Morgan fingerprint density at radius 1 is 1.03 bits per heavy atom. The Labute approximate surface area is 206 Å². The summed E-state index contributed by atoms with van der Waals surface area (Å²) < 4.78 is 27.7. The predicted molar refractivity (Wildman–Crippen MR) is 136 cm³/mol. The number of benzene rings is 2. The molecule has 11 heteroatoms. The molecule has 2 N–H and O–H groups in total. The highest BCUT2D eigenvalue weighted by molar-refractivity contribution is 8.26. The van der Waals surface area contributed by atoms with Gasteiger partial charge in [0.05, 0.1) is 9.80 Å². The summed E-state index contributed by atoms with van der Waals surface area (Å²) in [4.78, 5) is 30.9. The lowest BCUT2D eigenvalue weighted by atomic mass is 10.2. The Morgan fingerprint density at radius 2 is 1.74 bits per heavy atom. The van der Waals surface area contributed by atoms with E-state index in [1.54, 1.807) is 18.2 Å². The number of hydrogen-bond acceptors (Lipinski definition) is 7. The van der Waals surface area contributed by atoms with Gasteiger partial charge in [0, 0.05) is 11.9 Å². The van der Waals surface area contributed by atoms with Gasteiger partial charge in [-0.05, 0) is 48.0 Å². The Morgan fingerprint density at radius 3 is 2.41 bits per heavy atom. The monoisotopic (exact) mass is 510 g/mol. The Bertz CT molecular complexity index is 1360. The van der Waals surface area contributed by atoms with E-state index < -0.39 is 15.9 Å². The van der Waals surface area contributed by atoms with Crippen LogP contribution in [0.3, 0.4) is 0 Å². The minimum atomic E-state index is -3.83. The molecule has 172 valence electrons. The number of hydrogen-bond donors (Lipinski definition) is 2. The highest BCUT2D eigenvalue weighted by Gasteiger charge is 2.33. The highest BCUT2D eigenvalue weighted by atomic mass is 32.2. The van der Waals surface area contributed by atoms with Crippen molar-refractivity contribution in [1.82, 2.24) is 9.88 Å². The number of aromatic nitrogens is 1. The number of pyridine rings is 1. The fourth-order valence-electron chi connectivity index (χ4n) is 3.02. The second-order valence-electron chi connectivity index (χ2n) is 7.07. The lowest BCUT2D eigenvalue weighted by Crippen LogP contribution is -2.36. The van der Waals surface area contributed by atoms with Gasteiger partial charge in [-0.2, -0.15) is 0 Å². The van der Waals surface area contributed by atoms with Gasteiger partial charge in [0.1, 0.15) is 16.7 Å². The van der Waals surface area contributed by atoms with Crippen LogP contribution in [-0.4, -0.2) is 41.0 Å². The fraction of sp³-hybridized carbons (Fsp3) is 0.0435. The number of rotatable bonds is 7. The summed E-state index contributed by atoms with van der Waals surface area (Å²) in [6.45, 7) is -0.252. The molecule has 0 saturated carbocycles. The molecule has 1 fully saturated rings. The molecule has 0 bridgehead atoms. The first-order chi connectivity index (χ1) is 16.3. The van der Waals surface area contributed by atoms with Gasteiger partial charge in [-0.3, -0.25) is 19.2 Å². The molecule has 0 radical (unpaired) electrons. The van der Waals surface area contributed by atoms with Crippen molar-refractivity contribution in [1.29, 1.82) is 0 Å². The van der Waals surface area contributed by atoms with E-state index in [1.807, 2.05) is 30.3 Å². The fourth-order valence-corrected chi connectivity index (χ4v) is 5.28. The number of amides is 2. The van der Waals surface area contributed by atoms with Crippen LogP contribution in [0.1, 0.15) is 5.56 Å². The molecule has 0 atom stereocenters. The van der Waals surface area contributed by atoms with Gasteiger partial charge in [-0.15, -0.1) is 0 Å². The highest BCUT2D eigenvalue weighted by Crippen LogP contribution is 2.32. The zero-order valence-electron chi connectivity index (χ0n) is 17.5. The molecule has 0 spiro atoms. The summed E-state index contributed by atoms with van der Waals surface area (Å²) in [5.41, 5.74) is 1.24. The SMILES string of the molecule is O=C(CN1C(=O)/C(=C\c2ccccc2)SC1=S)Nc1ccc(S(=O)(=O)Nc2ccccn2)cc1. The summed E-state index contributed by atoms with van der Waals surface area (Å²) in [6, 6.07) is 19.9. The average molecular weight is 511 g/mol. The third-order valence-electron chi connectivity index (χ3n) is 4.62. The van der Waals surface area contributed by atoms with Crippen molar-refractivity contribution in [3.8, 4) is 0 Å². The molecule has 34 heavy (non-hydrogen) atoms. The number of nitrogens with one attached hydrogen (secondary N) is 2. The van der Waals surface area contributed by atoms with Crippen LogP contribution in [0, 0.1) is 0 Å². The van der Waals surface area contributed by atoms with Crippen LogP contribution in [0.25, 0.3) is 6.08 Å². The third-order valence-corrected chi connectivity index (χ3v) is 7.37. The number of anilines is 2. The van der Waals surface area contributed by atoms with Crippen molar-refractivity contribution >= 4 is 67.7 Å². The molecule has 8 nitrogen and oxygen atoms in total. The summed E-state index contributed by atoms with van der Waals surface area (Å²) in [5.74, 6) is -0.597. The largest absolute Gasteiger partial charge is 0.325 e. The third kappa shape index (κ3) is 5.68. The summed E-state index contributed by atoms with van der Waals surface area (Å²) in [6.07, 6.45) is 3.21. The number of thiocarbonyl (C=S) groups is 1. The number of nitrogens with zero attached hydrogens (tertiary/aromatic N) is 2. The quantitative estimate of drug-likeness (QED) is 0.368. The van der Waals surface area contributed by atoms with Crippen molar-refractivity contribution in [3.05, 3.63) is 89.5 Å². The molecule has 1 aliphatic rings. The van der Waals surface area contributed by atoms with Crippen LogP contribution in [-0.2, 0) is 19.6 Å². The van der Waals surface area contributed by atoms with E-state index in [2.05, 4.69) is 15.0 Å². The smallest absolute Gasteiger partial charge is 0.266 e. The first-order valence-electron chi connectivity index (χ1n) is 9.96. The van der Waals surface area contributed by atoms with Crippen molar-refractivity contribution in [2.75, 3.05) is 16.6 Å². The van der Waals surface area contributed by atoms with Crippen LogP contribution < -0.4 is 10.0 Å². The van der Waals surface area contributed by atoms with Gasteiger partial charge in [0.25, 0.3) is 15.9 Å². The van der Waals surface area contributed by atoms with E-state index in [1.165, 1.54) is 41.4 Å². The van der Waals surface area contributed by atoms with Gasteiger partial charge in [-0.25, -0.2) is 13.4 Å².